The Hall–Kier alpha value is -5.57. The molecule has 4 heterocycles. The Balaban J connectivity index is 1.60. The smallest absolute Gasteiger partial charge is 0.407 e. The molecule has 1 atom stereocenters. The lowest BCUT2D eigenvalue weighted by Gasteiger charge is -2.31. The van der Waals surface area contributed by atoms with Crippen LogP contribution < -0.4 is 10.9 Å². The standard InChI is InChI=1S/C34H36N8O4/c1-19-29-31(41(8)39-19)30(36-21(3)35-29)24-16-25(12-9-22-10-13-26-23(15-22)11-14-28(43)40(26)7)37-27(17-24)38-32(44)20(2)42(33(45)46)18-34(4,5)6/h10-11,13-17,20H,18H2,1-8H3,(H,45,46)(H,37,38,44). The molecular weight excluding hydrogens is 584 g/mol. The van der Waals surface area contributed by atoms with Crippen molar-refractivity contribution in [1.29, 1.82) is 0 Å². The van der Waals surface area contributed by atoms with E-state index < -0.39 is 18.0 Å². The van der Waals surface area contributed by atoms with E-state index >= 15 is 0 Å². The number of aryl methyl sites for hydroxylation is 4. The van der Waals surface area contributed by atoms with Crippen LogP contribution in [-0.4, -0.2) is 63.9 Å². The highest BCUT2D eigenvalue weighted by Crippen LogP contribution is 2.29. The Kier molecular flexibility index (Phi) is 8.36. The number of hydrogen-bond acceptors (Lipinski definition) is 7. The van der Waals surface area contributed by atoms with Gasteiger partial charge in [0.2, 0.25) is 5.91 Å². The molecule has 0 bridgehead atoms. The molecule has 2 amide bonds. The third kappa shape index (κ3) is 6.58. The van der Waals surface area contributed by atoms with Crippen molar-refractivity contribution < 1.29 is 14.7 Å². The van der Waals surface area contributed by atoms with Crippen LogP contribution in [0.3, 0.4) is 0 Å². The fraction of sp³-hybridized carbons (Fsp3) is 0.324. The summed E-state index contributed by atoms with van der Waals surface area (Å²) in [5, 5.41) is 18.1. The molecule has 0 saturated heterocycles. The number of aromatic nitrogens is 6. The monoisotopic (exact) mass is 620 g/mol. The van der Waals surface area contributed by atoms with Gasteiger partial charge >= 0.3 is 6.09 Å². The maximum Gasteiger partial charge on any atom is 0.407 e. The van der Waals surface area contributed by atoms with Gasteiger partial charge in [0, 0.05) is 37.8 Å². The number of anilines is 1. The van der Waals surface area contributed by atoms with E-state index in [1.165, 1.54) is 6.07 Å². The number of fused-ring (bicyclic) bond motifs is 2. The number of pyridine rings is 2. The third-order valence-corrected chi connectivity index (χ3v) is 7.51. The van der Waals surface area contributed by atoms with Gasteiger partial charge in [0.15, 0.2) is 0 Å². The highest BCUT2D eigenvalue weighted by molar-refractivity contribution is 5.97. The Labute approximate surface area is 266 Å². The van der Waals surface area contributed by atoms with Crippen molar-refractivity contribution >= 4 is 39.8 Å². The number of rotatable bonds is 5. The summed E-state index contributed by atoms with van der Waals surface area (Å²) in [7, 11) is 3.53. The molecule has 5 rings (SSSR count). The van der Waals surface area contributed by atoms with E-state index in [9.17, 15) is 19.5 Å². The average Bonchev–Trinajstić information content (AvgIpc) is 3.27. The number of nitrogens with zero attached hydrogens (tertiary/aromatic N) is 7. The first kappa shape index (κ1) is 31.8. The molecule has 2 N–H and O–H groups in total. The lowest BCUT2D eigenvalue weighted by atomic mass is 9.95. The zero-order chi connectivity index (χ0) is 33.5. The highest BCUT2D eigenvalue weighted by Gasteiger charge is 2.30. The molecule has 0 aliphatic rings. The molecule has 236 valence electrons. The molecule has 1 unspecified atom stereocenters. The number of nitrogens with one attached hydrogen (secondary N) is 1. The molecule has 0 aliphatic heterocycles. The first-order chi connectivity index (χ1) is 21.6. The molecule has 0 spiro atoms. The molecule has 0 radical (unpaired) electrons. The minimum Gasteiger partial charge on any atom is -0.465 e. The van der Waals surface area contributed by atoms with Gasteiger partial charge in [-0.2, -0.15) is 5.10 Å². The van der Waals surface area contributed by atoms with E-state index in [-0.39, 0.29) is 23.3 Å². The Bertz CT molecular complexity index is 2150. The van der Waals surface area contributed by atoms with Gasteiger partial charge in [-0.05, 0) is 73.9 Å². The van der Waals surface area contributed by atoms with E-state index in [2.05, 4.69) is 32.2 Å². The summed E-state index contributed by atoms with van der Waals surface area (Å²) >= 11 is 0. The predicted octanol–water partition coefficient (Wildman–Crippen LogP) is 4.65. The summed E-state index contributed by atoms with van der Waals surface area (Å²) in [4.78, 5) is 52.6. The minimum absolute atomic E-state index is 0.0983. The van der Waals surface area contributed by atoms with Crippen LogP contribution in [0.1, 0.15) is 50.5 Å². The second-order valence-corrected chi connectivity index (χ2v) is 12.5. The van der Waals surface area contributed by atoms with Crippen molar-refractivity contribution in [3.05, 3.63) is 75.6 Å². The van der Waals surface area contributed by atoms with Gasteiger partial charge < -0.3 is 15.0 Å². The van der Waals surface area contributed by atoms with Crippen molar-refractivity contribution in [3.8, 4) is 23.1 Å². The second-order valence-electron chi connectivity index (χ2n) is 12.5. The van der Waals surface area contributed by atoms with Crippen molar-refractivity contribution in [3.63, 3.8) is 0 Å². The largest absolute Gasteiger partial charge is 0.465 e. The van der Waals surface area contributed by atoms with Gasteiger partial charge in [-0.15, -0.1) is 0 Å². The number of carboxylic acid groups (broad SMARTS) is 1. The van der Waals surface area contributed by atoms with Crippen LogP contribution in [-0.2, 0) is 18.9 Å². The van der Waals surface area contributed by atoms with Crippen LogP contribution in [0.15, 0.2) is 47.3 Å². The van der Waals surface area contributed by atoms with Crippen LogP contribution >= 0.6 is 0 Å². The number of amides is 2. The maximum absolute atomic E-state index is 13.4. The van der Waals surface area contributed by atoms with Crippen molar-refractivity contribution in [2.45, 2.75) is 47.6 Å². The van der Waals surface area contributed by atoms with Crippen molar-refractivity contribution in [2.24, 2.45) is 19.5 Å². The molecule has 1 aromatic carbocycles. The average molecular weight is 621 g/mol. The van der Waals surface area contributed by atoms with Crippen LogP contribution in [0.2, 0.25) is 0 Å². The number of carbonyl (C=O) groups is 2. The number of benzene rings is 1. The normalized spacial score (nSPS) is 12.1. The minimum atomic E-state index is -1.19. The Morgan fingerprint density at radius 3 is 2.46 bits per heavy atom. The SMILES string of the molecule is Cc1nc(-c2cc(C#Cc3ccc4c(ccc(=O)n4C)c3)nc(NC(=O)C(C)N(CC(C)(C)C)C(=O)O)c2)c2c(n1)c(C)nn2C. The van der Waals surface area contributed by atoms with E-state index in [0.717, 1.165) is 21.5 Å². The first-order valence-corrected chi connectivity index (χ1v) is 14.7. The van der Waals surface area contributed by atoms with Gasteiger partial charge in [-0.1, -0.05) is 26.7 Å². The number of hydrogen-bond donors (Lipinski definition) is 2. The molecule has 46 heavy (non-hydrogen) atoms. The van der Waals surface area contributed by atoms with E-state index in [1.54, 1.807) is 48.3 Å². The molecule has 0 aliphatic carbocycles. The zero-order valence-electron chi connectivity index (χ0n) is 27.1. The summed E-state index contributed by atoms with van der Waals surface area (Å²) in [5.41, 5.74) is 4.77. The molecule has 4 aromatic heterocycles. The van der Waals surface area contributed by atoms with E-state index in [4.69, 9.17) is 4.98 Å². The maximum atomic E-state index is 13.4. The molecule has 0 saturated carbocycles. The summed E-state index contributed by atoms with van der Waals surface area (Å²) in [5.74, 6) is 6.46. The zero-order valence-corrected chi connectivity index (χ0v) is 27.1. The van der Waals surface area contributed by atoms with E-state index in [0.29, 0.717) is 39.4 Å². The van der Waals surface area contributed by atoms with Crippen molar-refractivity contribution in [2.75, 3.05) is 11.9 Å². The van der Waals surface area contributed by atoms with Crippen molar-refractivity contribution in [1.82, 2.24) is 34.2 Å². The quantitative estimate of drug-likeness (QED) is 0.270. The lowest BCUT2D eigenvalue weighted by Crippen LogP contribution is -2.48. The summed E-state index contributed by atoms with van der Waals surface area (Å²) in [6.07, 6.45) is -1.19. The van der Waals surface area contributed by atoms with Gasteiger partial charge in [0.25, 0.3) is 5.56 Å². The molecule has 12 nitrogen and oxygen atoms in total. The van der Waals surface area contributed by atoms with Crippen LogP contribution in [0.25, 0.3) is 33.2 Å². The van der Waals surface area contributed by atoms with Gasteiger partial charge in [0.05, 0.1) is 11.2 Å². The van der Waals surface area contributed by atoms with Crippen LogP contribution in [0.5, 0.6) is 0 Å². The van der Waals surface area contributed by atoms with Gasteiger partial charge in [0.1, 0.15) is 40.1 Å². The molecule has 12 heteroatoms. The Morgan fingerprint density at radius 2 is 1.76 bits per heavy atom. The fourth-order valence-electron chi connectivity index (χ4n) is 5.30. The molecule has 5 aromatic rings. The summed E-state index contributed by atoms with van der Waals surface area (Å²) < 4.78 is 3.29. The fourth-order valence-corrected chi connectivity index (χ4v) is 5.30. The highest BCUT2D eigenvalue weighted by atomic mass is 16.4. The van der Waals surface area contributed by atoms with Crippen LogP contribution in [0, 0.1) is 31.1 Å². The summed E-state index contributed by atoms with van der Waals surface area (Å²) in [6.45, 7) is 11.1. The van der Waals surface area contributed by atoms with E-state index in [1.807, 2.05) is 52.9 Å². The van der Waals surface area contributed by atoms with Crippen LogP contribution in [0.4, 0.5) is 10.6 Å². The lowest BCUT2D eigenvalue weighted by molar-refractivity contribution is -0.120. The topological polar surface area (TPSA) is 148 Å². The van der Waals surface area contributed by atoms with Gasteiger partial charge in [-0.3, -0.25) is 19.2 Å². The summed E-state index contributed by atoms with van der Waals surface area (Å²) in [6, 6.07) is 11.3. The van der Waals surface area contributed by atoms with Gasteiger partial charge in [-0.25, -0.2) is 19.7 Å². The first-order valence-electron chi connectivity index (χ1n) is 14.7. The number of carbonyl (C=O) groups excluding carboxylic acids is 1. The second kappa shape index (κ2) is 12.1. The predicted molar refractivity (Wildman–Crippen MR) is 176 cm³/mol. The third-order valence-electron chi connectivity index (χ3n) is 7.51. The molecule has 0 fully saturated rings. The Morgan fingerprint density at radius 1 is 1.02 bits per heavy atom. The molecular formula is C34H36N8O4.